The van der Waals surface area contributed by atoms with Crippen LogP contribution in [0.3, 0.4) is 0 Å². The Bertz CT molecular complexity index is 692. The van der Waals surface area contributed by atoms with Gasteiger partial charge in [-0.05, 0) is 14.0 Å². The zero-order valence-electron chi connectivity index (χ0n) is 12.6. The maximum Gasteiger partial charge on any atom is 0.270 e. The fourth-order valence-corrected chi connectivity index (χ4v) is 2.50. The summed E-state index contributed by atoms with van der Waals surface area (Å²) in [5.74, 6) is -0.255. The lowest BCUT2D eigenvalue weighted by atomic mass is 10.2. The van der Waals surface area contributed by atoms with E-state index in [1.807, 2.05) is 14.0 Å². The fourth-order valence-electron chi connectivity index (χ4n) is 1.70. The first-order chi connectivity index (χ1) is 10.5. The van der Waals surface area contributed by atoms with Crippen molar-refractivity contribution in [3.05, 3.63) is 45.5 Å². The average molecular weight is 357 g/mol. The molecule has 23 heavy (non-hydrogen) atoms. The van der Waals surface area contributed by atoms with Crippen LogP contribution in [0.25, 0.3) is 10.6 Å². The number of nitrogens with zero attached hydrogens (tertiary/aromatic N) is 2. The average Bonchev–Trinajstić information content (AvgIpc) is 3.02. The van der Waals surface area contributed by atoms with Crippen molar-refractivity contribution in [1.82, 2.24) is 15.6 Å². The van der Waals surface area contributed by atoms with Crippen molar-refractivity contribution in [3.63, 3.8) is 0 Å². The summed E-state index contributed by atoms with van der Waals surface area (Å²) in [4.78, 5) is 26.6. The molecule has 124 valence electrons. The number of carbonyl (C=O) groups excluding carboxylic acids is 1. The van der Waals surface area contributed by atoms with Crippen LogP contribution >= 0.6 is 23.7 Å². The lowest BCUT2D eigenvalue weighted by Crippen LogP contribution is -2.37. The summed E-state index contributed by atoms with van der Waals surface area (Å²) in [6.07, 6.45) is 0. The van der Waals surface area contributed by atoms with E-state index < -0.39 is 4.92 Å². The van der Waals surface area contributed by atoms with Crippen LogP contribution < -0.4 is 10.6 Å². The molecule has 1 amide bonds. The lowest BCUT2D eigenvalue weighted by molar-refractivity contribution is -0.384. The minimum Gasteiger partial charge on any atom is -0.349 e. The number of nitrogens with one attached hydrogen (secondary N) is 2. The number of rotatable bonds is 6. The molecule has 0 saturated heterocycles. The number of hydrogen-bond donors (Lipinski definition) is 2. The van der Waals surface area contributed by atoms with Gasteiger partial charge in [-0.25, -0.2) is 4.98 Å². The molecule has 0 saturated carbocycles. The van der Waals surface area contributed by atoms with Gasteiger partial charge in [-0.2, -0.15) is 0 Å². The zero-order chi connectivity index (χ0) is 16.1. The molecule has 1 atom stereocenters. The summed E-state index contributed by atoms with van der Waals surface area (Å²) >= 11 is 1.28. The highest BCUT2D eigenvalue weighted by atomic mass is 35.5. The number of likely N-dealkylation sites (N-methyl/N-ethyl adjacent to an activating group) is 1. The highest BCUT2D eigenvalue weighted by molar-refractivity contribution is 7.13. The minimum atomic E-state index is -0.455. The van der Waals surface area contributed by atoms with Crippen molar-refractivity contribution >= 4 is 35.3 Å². The summed E-state index contributed by atoms with van der Waals surface area (Å²) in [6.45, 7) is 2.45. The third-order valence-electron chi connectivity index (χ3n) is 3.10. The van der Waals surface area contributed by atoms with Crippen molar-refractivity contribution in [3.8, 4) is 10.6 Å². The SMILES string of the molecule is CNC(C)CNC(=O)c1csc(-c2cccc([N+](=O)[O-])c2)n1.Cl. The van der Waals surface area contributed by atoms with Crippen LogP contribution in [0.15, 0.2) is 29.6 Å². The number of aromatic nitrogens is 1. The molecule has 9 heteroatoms. The van der Waals surface area contributed by atoms with Gasteiger partial charge in [0.05, 0.1) is 4.92 Å². The lowest BCUT2D eigenvalue weighted by Gasteiger charge is -2.10. The second-order valence-electron chi connectivity index (χ2n) is 4.75. The van der Waals surface area contributed by atoms with E-state index in [9.17, 15) is 14.9 Å². The summed E-state index contributed by atoms with van der Waals surface area (Å²) in [5.41, 5.74) is 0.943. The number of hydrogen-bond acceptors (Lipinski definition) is 6. The number of non-ortho nitro benzene ring substituents is 1. The fraction of sp³-hybridized carbons (Fsp3) is 0.286. The largest absolute Gasteiger partial charge is 0.349 e. The summed E-state index contributed by atoms with van der Waals surface area (Å²) in [6, 6.07) is 6.37. The molecule has 1 unspecified atom stereocenters. The van der Waals surface area contributed by atoms with Crippen LogP contribution in [0.1, 0.15) is 17.4 Å². The van der Waals surface area contributed by atoms with Crippen LogP contribution in [-0.4, -0.2) is 35.4 Å². The normalized spacial score (nSPS) is 11.4. The highest BCUT2D eigenvalue weighted by Crippen LogP contribution is 2.26. The number of carbonyl (C=O) groups is 1. The number of nitro benzene ring substituents is 1. The van der Waals surface area contributed by atoms with Crippen molar-refractivity contribution < 1.29 is 9.72 Å². The van der Waals surface area contributed by atoms with Crippen molar-refractivity contribution in [2.75, 3.05) is 13.6 Å². The van der Waals surface area contributed by atoms with Gasteiger partial charge < -0.3 is 10.6 Å². The van der Waals surface area contributed by atoms with Gasteiger partial charge in [-0.3, -0.25) is 14.9 Å². The number of halogens is 1. The zero-order valence-corrected chi connectivity index (χ0v) is 14.2. The predicted molar refractivity (Wildman–Crippen MR) is 92.3 cm³/mol. The Morgan fingerprint density at radius 1 is 1.48 bits per heavy atom. The van der Waals surface area contributed by atoms with Gasteiger partial charge in [0.15, 0.2) is 0 Å². The van der Waals surface area contributed by atoms with Crippen molar-refractivity contribution in [1.29, 1.82) is 0 Å². The Labute approximate surface area is 143 Å². The van der Waals surface area contributed by atoms with E-state index in [1.165, 1.54) is 23.5 Å². The predicted octanol–water partition coefficient (Wildman–Crippen LogP) is 2.48. The standard InChI is InChI=1S/C14H16N4O3S.ClH/c1-9(15-2)7-16-13(19)12-8-22-14(17-12)10-4-3-5-11(6-10)18(20)21;/h3-6,8-9,15H,7H2,1-2H3,(H,16,19);1H. The molecule has 2 rings (SSSR count). The monoisotopic (exact) mass is 356 g/mol. The molecular weight excluding hydrogens is 340 g/mol. The van der Waals surface area contributed by atoms with Gasteiger partial charge in [0.25, 0.3) is 11.6 Å². The molecule has 1 heterocycles. The second-order valence-corrected chi connectivity index (χ2v) is 5.60. The van der Waals surface area contributed by atoms with Gasteiger partial charge in [-0.15, -0.1) is 23.7 Å². The Hall–Kier alpha value is -2.03. The molecule has 0 aliphatic heterocycles. The van der Waals surface area contributed by atoms with Gasteiger partial charge in [0.1, 0.15) is 10.7 Å². The van der Waals surface area contributed by atoms with E-state index in [4.69, 9.17) is 0 Å². The molecule has 0 aliphatic rings. The topological polar surface area (TPSA) is 97.2 Å². The number of benzene rings is 1. The molecule has 1 aromatic heterocycles. The van der Waals surface area contributed by atoms with E-state index in [0.717, 1.165) is 0 Å². The Balaban J connectivity index is 0.00000264. The van der Waals surface area contributed by atoms with Crippen LogP contribution in [0.4, 0.5) is 5.69 Å². The highest BCUT2D eigenvalue weighted by Gasteiger charge is 2.14. The number of thiazole rings is 1. The molecule has 7 nitrogen and oxygen atoms in total. The maximum atomic E-state index is 12.0. The van der Waals surface area contributed by atoms with Crippen LogP contribution in [-0.2, 0) is 0 Å². The second kappa shape index (κ2) is 8.56. The number of amides is 1. The molecule has 0 spiro atoms. The van der Waals surface area contributed by atoms with Crippen LogP contribution in [0.5, 0.6) is 0 Å². The van der Waals surface area contributed by atoms with E-state index in [1.54, 1.807) is 17.5 Å². The molecule has 2 aromatic rings. The van der Waals surface area contributed by atoms with Gasteiger partial charge in [-0.1, -0.05) is 12.1 Å². The van der Waals surface area contributed by atoms with Crippen molar-refractivity contribution in [2.24, 2.45) is 0 Å². The molecule has 0 radical (unpaired) electrons. The van der Waals surface area contributed by atoms with Crippen LogP contribution in [0.2, 0.25) is 0 Å². The Kier molecular flexibility index (Phi) is 7.08. The van der Waals surface area contributed by atoms with Crippen LogP contribution in [0, 0.1) is 10.1 Å². The first kappa shape index (κ1) is 19.0. The first-order valence-electron chi connectivity index (χ1n) is 6.67. The van der Waals surface area contributed by atoms with E-state index in [-0.39, 0.29) is 30.0 Å². The molecule has 1 aromatic carbocycles. The molecule has 0 aliphatic carbocycles. The van der Waals surface area contributed by atoms with Gasteiger partial charge >= 0.3 is 0 Å². The molecule has 0 fully saturated rings. The Morgan fingerprint density at radius 3 is 2.87 bits per heavy atom. The summed E-state index contributed by atoms with van der Waals surface area (Å²) < 4.78 is 0. The van der Waals surface area contributed by atoms with Crippen molar-refractivity contribution in [2.45, 2.75) is 13.0 Å². The van der Waals surface area contributed by atoms with E-state index in [2.05, 4.69) is 15.6 Å². The quantitative estimate of drug-likeness (QED) is 0.612. The Morgan fingerprint density at radius 2 is 2.22 bits per heavy atom. The number of nitro groups is 1. The van der Waals surface area contributed by atoms with E-state index in [0.29, 0.717) is 22.8 Å². The molecule has 0 bridgehead atoms. The van der Waals surface area contributed by atoms with Gasteiger partial charge in [0.2, 0.25) is 0 Å². The van der Waals surface area contributed by atoms with Gasteiger partial charge in [0, 0.05) is 35.7 Å². The molecule has 2 N–H and O–H groups in total. The third kappa shape index (κ3) is 4.98. The maximum absolute atomic E-state index is 12.0. The summed E-state index contributed by atoms with van der Waals surface area (Å²) in [7, 11) is 1.82. The molecular formula is C14H17ClN4O3S. The smallest absolute Gasteiger partial charge is 0.270 e. The third-order valence-corrected chi connectivity index (χ3v) is 3.99. The summed E-state index contributed by atoms with van der Waals surface area (Å²) in [5, 5.41) is 18.8. The van der Waals surface area contributed by atoms with E-state index >= 15 is 0 Å². The first-order valence-corrected chi connectivity index (χ1v) is 7.55. The minimum absolute atomic E-state index is 0.